The molecule has 4 nitrogen and oxygen atoms in total. The first-order valence-electron chi connectivity index (χ1n) is 6.83. The van der Waals surface area contributed by atoms with Crippen molar-refractivity contribution in [1.29, 1.82) is 0 Å². The van der Waals surface area contributed by atoms with Gasteiger partial charge in [0.05, 0.1) is 18.3 Å². The van der Waals surface area contributed by atoms with Gasteiger partial charge in [0.15, 0.2) is 0 Å². The lowest BCUT2D eigenvalue weighted by Crippen LogP contribution is -2.20. The first kappa shape index (κ1) is 13.1. The maximum absolute atomic E-state index is 13.0. The molecule has 3 N–H and O–H groups in total. The van der Waals surface area contributed by atoms with E-state index < -0.39 is 6.10 Å². The zero-order chi connectivity index (χ0) is 14.3. The number of rotatable bonds is 4. The van der Waals surface area contributed by atoms with E-state index in [4.69, 9.17) is 5.73 Å². The Morgan fingerprint density at radius 3 is 2.65 bits per heavy atom. The molecular weight excluding hydrogens is 257 g/mol. The van der Waals surface area contributed by atoms with Gasteiger partial charge >= 0.3 is 0 Å². The SMILES string of the molecule is Cc1c(-c2ccc(F)cc2)nn(CC(O)C2CC2)c1N. The number of hydrogen-bond donors (Lipinski definition) is 2. The molecule has 3 rings (SSSR count). The summed E-state index contributed by atoms with van der Waals surface area (Å²) in [5.41, 5.74) is 8.49. The minimum Gasteiger partial charge on any atom is -0.391 e. The van der Waals surface area contributed by atoms with Crippen molar-refractivity contribution in [3.05, 3.63) is 35.6 Å². The Morgan fingerprint density at radius 2 is 2.05 bits per heavy atom. The van der Waals surface area contributed by atoms with Crippen LogP contribution in [-0.4, -0.2) is 21.0 Å². The summed E-state index contributed by atoms with van der Waals surface area (Å²) < 4.78 is 14.6. The van der Waals surface area contributed by atoms with Crippen LogP contribution < -0.4 is 5.73 Å². The van der Waals surface area contributed by atoms with Crippen molar-refractivity contribution in [3.63, 3.8) is 0 Å². The largest absolute Gasteiger partial charge is 0.391 e. The van der Waals surface area contributed by atoms with Crippen molar-refractivity contribution < 1.29 is 9.50 Å². The predicted molar refractivity (Wildman–Crippen MR) is 75.5 cm³/mol. The summed E-state index contributed by atoms with van der Waals surface area (Å²) in [6.45, 7) is 2.31. The third-order valence-corrected chi connectivity index (χ3v) is 3.88. The van der Waals surface area contributed by atoms with E-state index in [2.05, 4.69) is 5.10 Å². The van der Waals surface area contributed by atoms with Crippen molar-refractivity contribution in [2.75, 3.05) is 5.73 Å². The molecule has 1 aromatic heterocycles. The summed E-state index contributed by atoms with van der Waals surface area (Å²) in [6, 6.07) is 6.18. The highest BCUT2D eigenvalue weighted by atomic mass is 19.1. The van der Waals surface area contributed by atoms with Crippen molar-refractivity contribution in [2.45, 2.75) is 32.4 Å². The fourth-order valence-corrected chi connectivity index (χ4v) is 2.39. The molecule has 1 atom stereocenters. The molecule has 0 bridgehead atoms. The lowest BCUT2D eigenvalue weighted by atomic mass is 10.1. The van der Waals surface area contributed by atoms with Gasteiger partial charge in [0, 0.05) is 11.1 Å². The van der Waals surface area contributed by atoms with Crippen LogP contribution in [0.3, 0.4) is 0 Å². The first-order valence-corrected chi connectivity index (χ1v) is 6.83. The van der Waals surface area contributed by atoms with Gasteiger partial charge < -0.3 is 10.8 Å². The minimum atomic E-state index is -0.391. The number of benzene rings is 1. The second-order valence-electron chi connectivity index (χ2n) is 5.45. The second-order valence-corrected chi connectivity index (χ2v) is 5.45. The lowest BCUT2D eigenvalue weighted by molar-refractivity contribution is 0.128. The molecule has 2 aromatic rings. The van der Waals surface area contributed by atoms with Crippen LogP contribution in [0.1, 0.15) is 18.4 Å². The zero-order valence-electron chi connectivity index (χ0n) is 11.4. The van der Waals surface area contributed by atoms with Crippen LogP contribution in [0.25, 0.3) is 11.3 Å². The second kappa shape index (κ2) is 4.90. The molecule has 1 aliphatic rings. The molecule has 1 heterocycles. The summed E-state index contributed by atoms with van der Waals surface area (Å²) in [7, 11) is 0. The summed E-state index contributed by atoms with van der Waals surface area (Å²) in [5.74, 6) is 0.667. The van der Waals surface area contributed by atoms with Crippen LogP contribution in [0.5, 0.6) is 0 Å². The molecule has 0 radical (unpaired) electrons. The van der Waals surface area contributed by atoms with E-state index in [1.165, 1.54) is 12.1 Å². The number of halogens is 1. The Hall–Kier alpha value is -1.88. The summed E-state index contributed by atoms with van der Waals surface area (Å²) in [6.07, 6.45) is 1.76. The highest BCUT2D eigenvalue weighted by molar-refractivity contribution is 5.67. The van der Waals surface area contributed by atoms with Crippen LogP contribution >= 0.6 is 0 Å². The average Bonchev–Trinajstić information content (AvgIpc) is 3.24. The van der Waals surface area contributed by atoms with E-state index in [0.29, 0.717) is 18.3 Å². The number of aromatic nitrogens is 2. The Labute approximate surface area is 117 Å². The smallest absolute Gasteiger partial charge is 0.125 e. The molecule has 1 fully saturated rings. The molecule has 20 heavy (non-hydrogen) atoms. The number of aliphatic hydroxyl groups excluding tert-OH is 1. The van der Waals surface area contributed by atoms with Gasteiger partial charge in [-0.1, -0.05) is 0 Å². The van der Waals surface area contributed by atoms with Crippen LogP contribution in [-0.2, 0) is 6.54 Å². The maximum Gasteiger partial charge on any atom is 0.125 e. The van der Waals surface area contributed by atoms with Gasteiger partial charge in [-0.2, -0.15) is 5.10 Å². The number of nitrogens with zero attached hydrogens (tertiary/aromatic N) is 2. The molecule has 5 heteroatoms. The fraction of sp³-hybridized carbons (Fsp3) is 0.400. The van der Waals surface area contributed by atoms with E-state index in [-0.39, 0.29) is 5.82 Å². The number of anilines is 1. The highest BCUT2D eigenvalue weighted by Crippen LogP contribution is 2.34. The molecule has 0 saturated heterocycles. The molecule has 1 saturated carbocycles. The van der Waals surface area contributed by atoms with Gasteiger partial charge in [-0.15, -0.1) is 0 Å². The van der Waals surface area contributed by atoms with E-state index in [1.807, 2.05) is 6.92 Å². The third kappa shape index (κ3) is 2.41. The van der Waals surface area contributed by atoms with Gasteiger partial charge in [-0.25, -0.2) is 9.07 Å². The molecule has 0 aliphatic heterocycles. The van der Waals surface area contributed by atoms with E-state index in [1.54, 1.807) is 16.8 Å². The molecular formula is C15H18FN3O. The lowest BCUT2D eigenvalue weighted by Gasteiger charge is -2.10. The van der Waals surface area contributed by atoms with Gasteiger partial charge in [0.1, 0.15) is 11.6 Å². The topological polar surface area (TPSA) is 64.1 Å². The molecule has 1 aromatic carbocycles. The monoisotopic (exact) mass is 275 g/mol. The van der Waals surface area contributed by atoms with Crippen molar-refractivity contribution >= 4 is 5.82 Å². The van der Waals surface area contributed by atoms with Gasteiger partial charge in [0.25, 0.3) is 0 Å². The normalized spacial score (nSPS) is 16.4. The average molecular weight is 275 g/mol. The minimum absolute atomic E-state index is 0.275. The Kier molecular flexibility index (Phi) is 3.22. The zero-order valence-corrected chi connectivity index (χ0v) is 11.4. The highest BCUT2D eigenvalue weighted by Gasteiger charge is 2.30. The summed E-state index contributed by atoms with van der Waals surface area (Å²) in [4.78, 5) is 0. The van der Waals surface area contributed by atoms with Gasteiger partial charge in [-0.05, 0) is 49.9 Å². The number of nitrogen functional groups attached to an aromatic ring is 1. The standard InChI is InChI=1S/C15H18FN3O/c1-9-14(11-4-6-12(16)7-5-11)18-19(15(9)17)8-13(20)10-2-3-10/h4-7,10,13,20H,2-3,8,17H2,1H3. The number of aliphatic hydroxyl groups is 1. The Bertz CT molecular complexity index is 617. The predicted octanol–water partition coefficient (Wildman–Crippen LogP) is 2.35. The molecule has 1 aliphatic carbocycles. The van der Waals surface area contributed by atoms with Gasteiger partial charge in [-0.3, -0.25) is 0 Å². The summed E-state index contributed by atoms with van der Waals surface area (Å²) >= 11 is 0. The van der Waals surface area contributed by atoms with Crippen LogP contribution in [0, 0.1) is 18.7 Å². The van der Waals surface area contributed by atoms with Crippen LogP contribution in [0.2, 0.25) is 0 Å². The van der Waals surface area contributed by atoms with Crippen LogP contribution in [0.4, 0.5) is 10.2 Å². The Balaban J connectivity index is 1.90. The van der Waals surface area contributed by atoms with E-state index in [9.17, 15) is 9.50 Å². The van der Waals surface area contributed by atoms with Crippen molar-refractivity contribution in [3.8, 4) is 11.3 Å². The quantitative estimate of drug-likeness (QED) is 0.900. The first-order chi connectivity index (χ1) is 9.56. The van der Waals surface area contributed by atoms with Crippen LogP contribution in [0.15, 0.2) is 24.3 Å². The van der Waals surface area contributed by atoms with E-state index in [0.717, 1.165) is 29.7 Å². The summed E-state index contributed by atoms with van der Waals surface area (Å²) in [5, 5.41) is 14.5. The maximum atomic E-state index is 13.0. The number of hydrogen-bond acceptors (Lipinski definition) is 3. The van der Waals surface area contributed by atoms with E-state index >= 15 is 0 Å². The van der Waals surface area contributed by atoms with Gasteiger partial charge in [0.2, 0.25) is 0 Å². The molecule has 1 unspecified atom stereocenters. The number of nitrogens with two attached hydrogens (primary N) is 1. The van der Waals surface area contributed by atoms with Crippen molar-refractivity contribution in [2.24, 2.45) is 5.92 Å². The third-order valence-electron chi connectivity index (χ3n) is 3.88. The molecule has 106 valence electrons. The fourth-order valence-electron chi connectivity index (χ4n) is 2.39. The molecule has 0 amide bonds. The Morgan fingerprint density at radius 1 is 1.40 bits per heavy atom. The van der Waals surface area contributed by atoms with Crippen molar-refractivity contribution in [1.82, 2.24) is 9.78 Å². The molecule has 0 spiro atoms.